The van der Waals surface area contributed by atoms with Crippen LogP contribution in [0.1, 0.15) is 18.1 Å². The zero-order chi connectivity index (χ0) is 16.7. The van der Waals surface area contributed by atoms with Crippen LogP contribution in [0.2, 0.25) is 0 Å². The minimum Gasteiger partial charge on any atom is -0.379 e. The number of nitrogens with zero attached hydrogens (tertiary/aromatic N) is 1. The molecule has 2 amide bonds. The van der Waals surface area contributed by atoms with Gasteiger partial charge < -0.3 is 15.4 Å². The summed E-state index contributed by atoms with van der Waals surface area (Å²) in [6.45, 7) is 8.46. The van der Waals surface area contributed by atoms with Gasteiger partial charge in [-0.05, 0) is 43.5 Å². The first-order valence-corrected chi connectivity index (χ1v) is 8.15. The van der Waals surface area contributed by atoms with E-state index in [0.29, 0.717) is 25.6 Å². The first-order valence-electron chi connectivity index (χ1n) is 8.15. The summed E-state index contributed by atoms with van der Waals surface area (Å²) < 4.78 is 18.4. The molecule has 0 bridgehead atoms. The number of aryl methyl sites for hydroxylation is 1. The monoisotopic (exact) mass is 323 g/mol. The second kappa shape index (κ2) is 8.84. The van der Waals surface area contributed by atoms with E-state index < -0.39 is 0 Å². The Labute approximate surface area is 137 Å². The van der Waals surface area contributed by atoms with Gasteiger partial charge in [0.15, 0.2) is 0 Å². The van der Waals surface area contributed by atoms with Crippen molar-refractivity contribution in [3.63, 3.8) is 0 Å². The second-order valence-electron chi connectivity index (χ2n) is 5.95. The van der Waals surface area contributed by atoms with Gasteiger partial charge in [0.2, 0.25) is 0 Å². The van der Waals surface area contributed by atoms with Crippen molar-refractivity contribution in [2.24, 2.45) is 0 Å². The maximum Gasteiger partial charge on any atom is 0.314 e. The van der Waals surface area contributed by atoms with E-state index in [-0.39, 0.29) is 11.8 Å². The quantitative estimate of drug-likeness (QED) is 0.838. The van der Waals surface area contributed by atoms with Gasteiger partial charge in [-0.3, -0.25) is 4.90 Å². The normalized spacial score (nSPS) is 16.8. The number of ether oxygens (including phenoxy) is 1. The minimum absolute atomic E-state index is 0.162. The molecule has 1 aromatic carbocycles. The molecule has 0 unspecified atom stereocenters. The number of carbonyl (C=O) groups excluding carboxylic acids is 1. The van der Waals surface area contributed by atoms with Crippen LogP contribution < -0.4 is 10.6 Å². The number of benzene rings is 1. The Balaban J connectivity index is 1.64. The molecular weight excluding hydrogens is 297 g/mol. The third-order valence-corrected chi connectivity index (χ3v) is 4.21. The molecule has 2 N–H and O–H groups in total. The highest BCUT2D eigenvalue weighted by Gasteiger charge is 2.17. The van der Waals surface area contributed by atoms with E-state index in [1.54, 1.807) is 6.07 Å². The Bertz CT molecular complexity index is 519. The zero-order valence-corrected chi connectivity index (χ0v) is 13.9. The topological polar surface area (TPSA) is 53.6 Å². The summed E-state index contributed by atoms with van der Waals surface area (Å²) in [6.07, 6.45) is 0.693. The lowest BCUT2D eigenvalue weighted by molar-refractivity contribution is 0.0209. The van der Waals surface area contributed by atoms with Gasteiger partial charge in [0.25, 0.3) is 0 Å². The van der Waals surface area contributed by atoms with Gasteiger partial charge in [0.05, 0.1) is 13.2 Å². The van der Waals surface area contributed by atoms with Crippen LogP contribution >= 0.6 is 0 Å². The highest BCUT2D eigenvalue weighted by atomic mass is 19.1. The van der Waals surface area contributed by atoms with Crippen molar-refractivity contribution in [2.45, 2.75) is 26.3 Å². The molecule has 5 nitrogen and oxygen atoms in total. The highest BCUT2D eigenvalue weighted by Crippen LogP contribution is 2.10. The van der Waals surface area contributed by atoms with E-state index in [1.807, 2.05) is 6.92 Å². The first kappa shape index (κ1) is 17.7. The molecule has 0 aromatic heterocycles. The number of urea groups is 1. The second-order valence-corrected chi connectivity index (χ2v) is 5.95. The molecule has 1 heterocycles. The maximum absolute atomic E-state index is 13.0. The third kappa shape index (κ3) is 5.80. The Morgan fingerprint density at radius 3 is 2.78 bits per heavy atom. The Morgan fingerprint density at radius 1 is 1.35 bits per heavy atom. The lowest BCUT2D eigenvalue weighted by atomic mass is 10.1. The van der Waals surface area contributed by atoms with E-state index in [2.05, 4.69) is 22.5 Å². The van der Waals surface area contributed by atoms with Crippen LogP contribution in [0.15, 0.2) is 18.2 Å². The van der Waals surface area contributed by atoms with Gasteiger partial charge in [-0.25, -0.2) is 9.18 Å². The predicted molar refractivity (Wildman–Crippen MR) is 88.1 cm³/mol. The van der Waals surface area contributed by atoms with Gasteiger partial charge in [0, 0.05) is 32.2 Å². The molecule has 0 radical (unpaired) electrons. The van der Waals surface area contributed by atoms with E-state index in [9.17, 15) is 9.18 Å². The van der Waals surface area contributed by atoms with Crippen LogP contribution in [0, 0.1) is 12.7 Å². The first-order chi connectivity index (χ1) is 11.1. The molecule has 1 atom stereocenters. The summed E-state index contributed by atoms with van der Waals surface area (Å²) in [5.41, 5.74) is 1.96. The average Bonchev–Trinajstić information content (AvgIpc) is 2.55. The Morgan fingerprint density at radius 2 is 2.09 bits per heavy atom. The van der Waals surface area contributed by atoms with Crippen LogP contribution in [0.25, 0.3) is 0 Å². The van der Waals surface area contributed by atoms with Crippen molar-refractivity contribution >= 4 is 6.03 Å². The van der Waals surface area contributed by atoms with Gasteiger partial charge in [0.1, 0.15) is 5.82 Å². The standard InChI is InChI=1S/C17H26FN3O2/c1-13-11-16(18)4-3-15(13)5-6-19-17(22)20-12-14(2)21-7-9-23-10-8-21/h3-4,11,14H,5-10,12H2,1-2H3,(H2,19,20,22)/t14-/m0/s1. The number of halogens is 1. The number of hydrogen-bond donors (Lipinski definition) is 2. The minimum atomic E-state index is -0.228. The van der Waals surface area contributed by atoms with Crippen molar-refractivity contribution in [2.75, 3.05) is 39.4 Å². The smallest absolute Gasteiger partial charge is 0.314 e. The van der Waals surface area contributed by atoms with Crippen molar-refractivity contribution in [1.82, 2.24) is 15.5 Å². The SMILES string of the molecule is Cc1cc(F)ccc1CCNC(=O)NC[C@H](C)N1CCOCC1. The van der Waals surface area contributed by atoms with Crippen molar-refractivity contribution in [3.8, 4) is 0 Å². The van der Waals surface area contributed by atoms with Crippen LogP contribution in [-0.2, 0) is 11.2 Å². The number of carbonyl (C=O) groups is 1. The zero-order valence-electron chi connectivity index (χ0n) is 13.9. The molecule has 0 aliphatic carbocycles. The number of nitrogens with one attached hydrogen (secondary N) is 2. The summed E-state index contributed by atoms with van der Waals surface area (Å²) in [4.78, 5) is 14.1. The lowest BCUT2D eigenvalue weighted by Crippen LogP contribution is -2.49. The number of amides is 2. The molecule has 1 aromatic rings. The molecule has 0 spiro atoms. The van der Waals surface area contributed by atoms with Crippen molar-refractivity contribution < 1.29 is 13.9 Å². The van der Waals surface area contributed by atoms with Crippen LogP contribution in [0.4, 0.5) is 9.18 Å². The number of rotatable bonds is 6. The van der Waals surface area contributed by atoms with Gasteiger partial charge in [-0.2, -0.15) is 0 Å². The summed E-state index contributed by atoms with van der Waals surface area (Å²) in [7, 11) is 0. The van der Waals surface area contributed by atoms with Crippen molar-refractivity contribution in [1.29, 1.82) is 0 Å². The molecular formula is C17H26FN3O2. The van der Waals surface area contributed by atoms with Gasteiger partial charge in [-0.15, -0.1) is 0 Å². The molecule has 23 heavy (non-hydrogen) atoms. The van der Waals surface area contributed by atoms with Crippen LogP contribution in [0.5, 0.6) is 0 Å². The largest absolute Gasteiger partial charge is 0.379 e. The number of hydrogen-bond acceptors (Lipinski definition) is 3. The fourth-order valence-corrected chi connectivity index (χ4v) is 2.70. The molecule has 1 saturated heterocycles. The number of morpholine rings is 1. The third-order valence-electron chi connectivity index (χ3n) is 4.21. The van der Waals surface area contributed by atoms with Gasteiger partial charge in [-0.1, -0.05) is 6.07 Å². The summed E-state index contributed by atoms with van der Waals surface area (Å²) in [5, 5.41) is 5.74. The van der Waals surface area contributed by atoms with E-state index in [4.69, 9.17) is 4.74 Å². The average molecular weight is 323 g/mol. The molecule has 1 fully saturated rings. The van der Waals surface area contributed by atoms with E-state index >= 15 is 0 Å². The molecule has 6 heteroatoms. The molecule has 128 valence electrons. The Hall–Kier alpha value is -1.66. The maximum atomic E-state index is 13.0. The van der Waals surface area contributed by atoms with Crippen molar-refractivity contribution in [3.05, 3.63) is 35.1 Å². The summed E-state index contributed by atoms with van der Waals surface area (Å²) in [6, 6.07) is 4.87. The predicted octanol–water partition coefficient (Wildman–Crippen LogP) is 1.70. The van der Waals surface area contributed by atoms with Gasteiger partial charge >= 0.3 is 6.03 Å². The fraction of sp³-hybridized carbons (Fsp3) is 0.588. The molecule has 1 aliphatic heterocycles. The molecule has 0 saturated carbocycles. The lowest BCUT2D eigenvalue weighted by Gasteiger charge is -2.32. The van der Waals surface area contributed by atoms with Crippen LogP contribution in [0.3, 0.4) is 0 Å². The van der Waals surface area contributed by atoms with E-state index in [1.165, 1.54) is 12.1 Å². The van der Waals surface area contributed by atoms with E-state index in [0.717, 1.165) is 37.4 Å². The van der Waals surface area contributed by atoms with Crippen LogP contribution in [-0.4, -0.2) is 56.4 Å². The highest BCUT2D eigenvalue weighted by molar-refractivity contribution is 5.73. The summed E-state index contributed by atoms with van der Waals surface area (Å²) >= 11 is 0. The molecule has 2 rings (SSSR count). The summed E-state index contributed by atoms with van der Waals surface area (Å²) in [5.74, 6) is -0.228. The fourth-order valence-electron chi connectivity index (χ4n) is 2.70. The Kier molecular flexibility index (Phi) is 6.80. The molecule has 1 aliphatic rings.